The summed E-state index contributed by atoms with van der Waals surface area (Å²) in [5.41, 5.74) is 2.35. The van der Waals surface area contributed by atoms with Gasteiger partial charge in [0.05, 0.1) is 11.9 Å². The van der Waals surface area contributed by atoms with Crippen molar-refractivity contribution >= 4 is 11.7 Å². The van der Waals surface area contributed by atoms with Gasteiger partial charge in [0.25, 0.3) is 5.91 Å². The van der Waals surface area contributed by atoms with Gasteiger partial charge in [-0.2, -0.15) is 0 Å². The second-order valence-corrected chi connectivity index (χ2v) is 6.71. The molecule has 2 saturated heterocycles. The normalized spacial score (nSPS) is 22.8. The largest absolute Gasteiger partial charge is 0.356 e. The van der Waals surface area contributed by atoms with Crippen LogP contribution in [0.4, 0.5) is 5.82 Å². The molecule has 4 heterocycles. The standard InChI is InChI=1S/C17H20N6O/c1-11-3-18-10-21-16(11)22-6-13-8-23(9-14(13)7-22)17(24)15-5-19-12(2)4-20-15/h3-5,10,13-14H,6-9H2,1-2H3. The lowest BCUT2D eigenvalue weighted by molar-refractivity contribution is 0.0776. The fraction of sp³-hybridized carbons (Fsp3) is 0.471. The molecule has 2 fully saturated rings. The molecule has 0 radical (unpaired) electrons. The van der Waals surface area contributed by atoms with Gasteiger partial charge >= 0.3 is 0 Å². The number of rotatable bonds is 2. The van der Waals surface area contributed by atoms with E-state index < -0.39 is 0 Å². The number of amides is 1. The third-order valence-electron chi connectivity index (χ3n) is 4.94. The van der Waals surface area contributed by atoms with Crippen LogP contribution in [-0.2, 0) is 0 Å². The number of carbonyl (C=O) groups excluding carboxylic acids is 1. The van der Waals surface area contributed by atoms with E-state index in [2.05, 4.69) is 24.8 Å². The van der Waals surface area contributed by atoms with Crippen LogP contribution in [0, 0.1) is 25.7 Å². The van der Waals surface area contributed by atoms with E-state index in [0.29, 0.717) is 17.5 Å². The third-order valence-corrected chi connectivity index (χ3v) is 4.94. The number of anilines is 1. The summed E-state index contributed by atoms with van der Waals surface area (Å²) in [7, 11) is 0. The molecule has 2 unspecified atom stereocenters. The van der Waals surface area contributed by atoms with Crippen molar-refractivity contribution in [3.63, 3.8) is 0 Å². The van der Waals surface area contributed by atoms with Gasteiger partial charge < -0.3 is 9.80 Å². The van der Waals surface area contributed by atoms with E-state index in [1.165, 1.54) is 0 Å². The second kappa shape index (κ2) is 5.81. The van der Waals surface area contributed by atoms with Crippen LogP contribution in [0.1, 0.15) is 21.7 Å². The molecule has 0 aliphatic carbocycles. The van der Waals surface area contributed by atoms with Crippen molar-refractivity contribution in [2.24, 2.45) is 11.8 Å². The molecule has 0 aromatic carbocycles. The van der Waals surface area contributed by atoms with E-state index in [9.17, 15) is 4.79 Å². The van der Waals surface area contributed by atoms with Crippen LogP contribution < -0.4 is 4.90 Å². The van der Waals surface area contributed by atoms with Crippen molar-refractivity contribution in [1.29, 1.82) is 0 Å². The Hall–Kier alpha value is -2.57. The van der Waals surface area contributed by atoms with E-state index in [1.54, 1.807) is 18.7 Å². The van der Waals surface area contributed by atoms with E-state index in [-0.39, 0.29) is 5.91 Å². The van der Waals surface area contributed by atoms with Crippen LogP contribution in [0.25, 0.3) is 0 Å². The number of fused-ring (bicyclic) bond motifs is 1. The topological polar surface area (TPSA) is 75.1 Å². The molecule has 2 aromatic heterocycles. The summed E-state index contributed by atoms with van der Waals surface area (Å²) in [6, 6.07) is 0. The molecule has 7 nitrogen and oxygen atoms in total. The van der Waals surface area contributed by atoms with Crippen LogP contribution in [-0.4, -0.2) is 56.9 Å². The van der Waals surface area contributed by atoms with Crippen LogP contribution in [0.5, 0.6) is 0 Å². The number of hydrogen-bond acceptors (Lipinski definition) is 6. The van der Waals surface area contributed by atoms with Crippen LogP contribution in [0.2, 0.25) is 0 Å². The van der Waals surface area contributed by atoms with Crippen molar-refractivity contribution in [2.75, 3.05) is 31.1 Å². The summed E-state index contributed by atoms with van der Waals surface area (Å²) in [5, 5.41) is 0. The van der Waals surface area contributed by atoms with E-state index in [0.717, 1.165) is 43.3 Å². The Morgan fingerprint density at radius 2 is 1.75 bits per heavy atom. The minimum atomic E-state index is -0.0123. The lowest BCUT2D eigenvalue weighted by Gasteiger charge is -2.23. The Kier molecular flexibility index (Phi) is 3.63. The van der Waals surface area contributed by atoms with Crippen molar-refractivity contribution in [3.05, 3.63) is 41.9 Å². The van der Waals surface area contributed by atoms with E-state index in [1.807, 2.05) is 24.9 Å². The van der Waals surface area contributed by atoms with Gasteiger partial charge in [-0.15, -0.1) is 0 Å². The molecule has 7 heteroatoms. The molecule has 2 aliphatic rings. The Labute approximate surface area is 140 Å². The maximum atomic E-state index is 12.6. The molecule has 24 heavy (non-hydrogen) atoms. The summed E-state index contributed by atoms with van der Waals surface area (Å²) in [4.78, 5) is 33.7. The smallest absolute Gasteiger partial charge is 0.274 e. The molecule has 0 spiro atoms. The SMILES string of the molecule is Cc1cnc(C(=O)N2CC3CN(c4ncncc4C)CC3C2)cn1. The number of hydrogen-bond donors (Lipinski definition) is 0. The highest BCUT2D eigenvalue weighted by Gasteiger charge is 2.42. The molecule has 4 rings (SSSR count). The molecule has 1 amide bonds. The molecular weight excluding hydrogens is 304 g/mol. The molecule has 2 aliphatic heterocycles. The quantitative estimate of drug-likeness (QED) is 0.823. The summed E-state index contributed by atoms with van der Waals surface area (Å²) >= 11 is 0. The predicted molar refractivity (Wildman–Crippen MR) is 88.6 cm³/mol. The zero-order chi connectivity index (χ0) is 16.7. The zero-order valence-electron chi connectivity index (χ0n) is 13.9. The first-order valence-electron chi connectivity index (χ1n) is 8.21. The highest BCUT2D eigenvalue weighted by atomic mass is 16.2. The predicted octanol–water partition coefficient (Wildman–Crippen LogP) is 1.09. The summed E-state index contributed by atoms with van der Waals surface area (Å²) in [5.74, 6) is 1.98. The maximum absolute atomic E-state index is 12.6. The average Bonchev–Trinajstić information content (AvgIpc) is 3.14. The first kappa shape index (κ1) is 15.0. The fourth-order valence-electron chi connectivity index (χ4n) is 3.72. The van der Waals surface area contributed by atoms with Gasteiger partial charge in [-0.1, -0.05) is 0 Å². The fourth-order valence-corrected chi connectivity index (χ4v) is 3.72. The minimum absolute atomic E-state index is 0.0123. The first-order chi connectivity index (χ1) is 11.6. The van der Waals surface area contributed by atoms with Gasteiger partial charge in [0.1, 0.15) is 17.8 Å². The molecule has 124 valence electrons. The molecule has 0 saturated carbocycles. The van der Waals surface area contributed by atoms with Crippen LogP contribution in [0.15, 0.2) is 24.9 Å². The number of likely N-dealkylation sites (tertiary alicyclic amines) is 1. The summed E-state index contributed by atoms with van der Waals surface area (Å²) in [6.07, 6.45) is 6.66. The van der Waals surface area contributed by atoms with Gasteiger partial charge in [-0.3, -0.25) is 9.78 Å². The molecule has 0 bridgehead atoms. The maximum Gasteiger partial charge on any atom is 0.274 e. The number of carbonyl (C=O) groups is 1. The lowest BCUT2D eigenvalue weighted by atomic mass is 10.0. The Bertz CT molecular complexity index is 748. The van der Waals surface area contributed by atoms with Crippen LogP contribution >= 0.6 is 0 Å². The first-order valence-corrected chi connectivity index (χ1v) is 8.21. The number of aryl methyl sites for hydroxylation is 2. The Morgan fingerprint density at radius 3 is 2.38 bits per heavy atom. The summed E-state index contributed by atoms with van der Waals surface area (Å²) in [6.45, 7) is 7.33. The number of aromatic nitrogens is 4. The zero-order valence-corrected chi connectivity index (χ0v) is 13.9. The molecule has 2 aromatic rings. The monoisotopic (exact) mass is 324 g/mol. The van der Waals surface area contributed by atoms with Gasteiger partial charge in [0.2, 0.25) is 0 Å². The van der Waals surface area contributed by atoms with Crippen molar-refractivity contribution < 1.29 is 4.79 Å². The second-order valence-electron chi connectivity index (χ2n) is 6.71. The highest BCUT2D eigenvalue weighted by molar-refractivity contribution is 5.92. The van der Waals surface area contributed by atoms with E-state index >= 15 is 0 Å². The van der Waals surface area contributed by atoms with Gasteiger partial charge in [-0.25, -0.2) is 15.0 Å². The van der Waals surface area contributed by atoms with Crippen LogP contribution in [0.3, 0.4) is 0 Å². The molecular formula is C17H20N6O. The van der Waals surface area contributed by atoms with Crippen molar-refractivity contribution in [2.45, 2.75) is 13.8 Å². The molecule has 2 atom stereocenters. The highest BCUT2D eigenvalue weighted by Crippen LogP contribution is 2.34. The lowest BCUT2D eigenvalue weighted by Crippen LogP contribution is -2.34. The average molecular weight is 324 g/mol. The third kappa shape index (κ3) is 2.60. The van der Waals surface area contributed by atoms with Gasteiger partial charge in [0, 0.05) is 56.0 Å². The van der Waals surface area contributed by atoms with Gasteiger partial charge in [0.15, 0.2) is 0 Å². The Balaban J connectivity index is 1.43. The number of nitrogens with zero attached hydrogens (tertiary/aromatic N) is 6. The van der Waals surface area contributed by atoms with E-state index in [4.69, 9.17) is 0 Å². The van der Waals surface area contributed by atoms with Crippen molar-refractivity contribution in [1.82, 2.24) is 24.8 Å². The Morgan fingerprint density at radius 1 is 1.00 bits per heavy atom. The minimum Gasteiger partial charge on any atom is -0.356 e. The summed E-state index contributed by atoms with van der Waals surface area (Å²) < 4.78 is 0. The molecule has 0 N–H and O–H groups in total. The van der Waals surface area contributed by atoms with Gasteiger partial charge in [-0.05, 0) is 13.8 Å². The van der Waals surface area contributed by atoms with Crippen molar-refractivity contribution in [3.8, 4) is 0 Å².